The number of nitrogens with zero attached hydrogens (tertiary/aromatic N) is 2. The minimum Gasteiger partial charge on any atom is -0.375 e. The Morgan fingerprint density at radius 3 is 2.68 bits per heavy atom. The van der Waals surface area contributed by atoms with Gasteiger partial charge in [0.1, 0.15) is 12.4 Å². The number of likely N-dealkylation sites (tertiary alicyclic amines) is 1. The van der Waals surface area contributed by atoms with Crippen molar-refractivity contribution in [3.05, 3.63) is 41.2 Å². The van der Waals surface area contributed by atoms with E-state index in [-0.39, 0.29) is 23.7 Å². The number of benzene rings is 1. The summed E-state index contributed by atoms with van der Waals surface area (Å²) in [6, 6.07) is 4.80. The first-order chi connectivity index (χ1) is 11.9. The molecule has 0 aromatic heterocycles. The zero-order valence-electron chi connectivity index (χ0n) is 15.3. The third-order valence-electron chi connectivity index (χ3n) is 5.42. The van der Waals surface area contributed by atoms with Gasteiger partial charge >= 0.3 is 0 Å². The summed E-state index contributed by atoms with van der Waals surface area (Å²) in [4.78, 5) is 16.7. The van der Waals surface area contributed by atoms with Crippen molar-refractivity contribution in [2.45, 2.75) is 32.1 Å². The molecule has 25 heavy (non-hydrogen) atoms. The van der Waals surface area contributed by atoms with Gasteiger partial charge in [-0.3, -0.25) is 9.69 Å². The number of amides is 1. The molecule has 2 heterocycles. The molecule has 1 spiro atoms. The average molecular weight is 346 g/mol. The predicted molar refractivity (Wildman–Crippen MR) is 97.4 cm³/mol. The molecule has 1 saturated heterocycles. The lowest BCUT2D eigenvalue weighted by Gasteiger charge is -2.39. The highest BCUT2D eigenvalue weighted by Gasteiger charge is 2.46. The normalized spacial score (nSPS) is 19.1. The van der Waals surface area contributed by atoms with Crippen LogP contribution in [0.25, 0.3) is 0 Å². The number of allylic oxidation sites excluding steroid dienone is 1. The minimum atomic E-state index is -0.230. The number of anilines is 1. The summed E-state index contributed by atoms with van der Waals surface area (Å²) in [6.07, 6.45) is 4.13. The molecule has 136 valence electrons. The van der Waals surface area contributed by atoms with E-state index in [1.165, 1.54) is 18.7 Å². The Bertz CT molecular complexity index is 674. The molecule has 0 N–H and O–H groups in total. The molecule has 1 aromatic rings. The van der Waals surface area contributed by atoms with Crippen molar-refractivity contribution in [3.8, 4) is 0 Å². The first-order valence-electron chi connectivity index (χ1n) is 8.90. The number of carbonyl (C=O) groups excluding carboxylic acids is 1. The topological polar surface area (TPSA) is 32.8 Å². The SMILES string of the molecule is COCC(=O)N1CC2(CCN(CC=C(C)C)CC2)c2cc(F)ccc21. The summed E-state index contributed by atoms with van der Waals surface area (Å²) >= 11 is 0. The van der Waals surface area contributed by atoms with Gasteiger partial charge < -0.3 is 9.64 Å². The van der Waals surface area contributed by atoms with Crippen molar-refractivity contribution in [1.82, 2.24) is 4.90 Å². The van der Waals surface area contributed by atoms with E-state index in [9.17, 15) is 9.18 Å². The van der Waals surface area contributed by atoms with Gasteiger partial charge in [-0.1, -0.05) is 11.6 Å². The molecule has 0 aliphatic carbocycles. The van der Waals surface area contributed by atoms with Crippen molar-refractivity contribution < 1.29 is 13.9 Å². The molecule has 0 saturated carbocycles. The maximum atomic E-state index is 13.9. The van der Waals surface area contributed by atoms with Gasteiger partial charge in [0, 0.05) is 31.3 Å². The summed E-state index contributed by atoms with van der Waals surface area (Å²) in [6.45, 7) is 7.80. The van der Waals surface area contributed by atoms with E-state index in [4.69, 9.17) is 4.74 Å². The van der Waals surface area contributed by atoms with E-state index in [1.807, 2.05) is 0 Å². The maximum absolute atomic E-state index is 13.9. The molecule has 4 nitrogen and oxygen atoms in total. The lowest BCUT2D eigenvalue weighted by Crippen LogP contribution is -2.46. The molecular weight excluding hydrogens is 319 g/mol. The van der Waals surface area contributed by atoms with Crippen LogP contribution < -0.4 is 4.90 Å². The number of methoxy groups -OCH3 is 1. The molecule has 1 fully saturated rings. The highest BCUT2D eigenvalue weighted by Crippen LogP contribution is 2.47. The molecule has 2 aliphatic heterocycles. The Morgan fingerprint density at radius 1 is 1.32 bits per heavy atom. The van der Waals surface area contributed by atoms with Crippen molar-refractivity contribution in [1.29, 1.82) is 0 Å². The summed E-state index contributed by atoms with van der Waals surface area (Å²) in [7, 11) is 1.52. The number of rotatable bonds is 4. The molecule has 0 bridgehead atoms. The fourth-order valence-corrected chi connectivity index (χ4v) is 3.97. The Kier molecular flexibility index (Phi) is 5.25. The first-order valence-corrected chi connectivity index (χ1v) is 8.90. The van der Waals surface area contributed by atoms with Crippen molar-refractivity contribution >= 4 is 11.6 Å². The second-order valence-electron chi connectivity index (χ2n) is 7.44. The van der Waals surface area contributed by atoms with Gasteiger partial charge in [-0.2, -0.15) is 0 Å². The Hall–Kier alpha value is -1.72. The lowest BCUT2D eigenvalue weighted by molar-refractivity contribution is -0.122. The predicted octanol–water partition coefficient (Wildman–Crippen LogP) is 3.12. The van der Waals surface area contributed by atoms with Gasteiger partial charge in [0.05, 0.1) is 0 Å². The summed E-state index contributed by atoms with van der Waals surface area (Å²) in [5.74, 6) is -0.287. The fourth-order valence-electron chi connectivity index (χ4n) is 3.97. The van der Waals surface area contributed by atoms with E-state index < -0.39 is 0 Å². The van der Waals surface area contributed by atoms with Gasteiger partial charge in [-0.25, -0.2) is 4.39 Å². The summed E-state index contributed by atoms with van der Waals surface area (Å²) in [5, 5.41) is 0. The summed E-state index contributed by atoms with van der Waals surface area (Å²) < 4.78 is 18.9. The van der Waals surface area contributed by atoms with Crippen molar-refractivity contribution in [2.75, 3.05) is 44.8 Å². The van der Waals surface area contributed by atoms with Gasteiger partial charge in [0.2, 0.25) is 0 Å². The van der Waals surface area contributed by atoms with E-state index in [1.54, 1.807) is 17.0 Å². The number of halogens is 1. The molecular formula is C20H27FN2O2. The fraction of sp³-hybridized carbons (Fsp3) is 0.550. The second kappa shape index (κ2) is 7.26. The van der Waals surface area contributed by atoms with Crippen LogP contribution in [0.1, 0.15) is 32.3 Å². The van der Waals surface area contributed by atoms with Crippen LogP contribution in [-0.2, 0) is 14.9 Å². The van der Waals surface area contributed by atoms with Gasteiger partial charge in [-0.05, 0) is 63.5 Å². The molecule has 0 atom stereocenters. The maximum Gasteiger partial charge on any atom is 0.252 e. The zero-order chi connectivity index (χ0) is 18.0. The molecule has 1 amide bonds. The standard InChI is InChI=1S/C20H27FN2O2/c1-15(2)6-9-22-10-7-20(8-11-22)14-23(19(24)13-25-3)18-5-4-16(21)12-17(18)20/h4-6,12H,7-11,13-14H2,1-3H3. The number of ether oxygens (including phenoxy) is 1. The van der Waals surface area contributed by atoms with Gasteiger partial charge in [0.25, 0.3) is 5.91 Å². The van der Waals surface area contributed by atoms with E-state index in [2.05, 4.69) is 24.8 Å². The third-order valence-corrected chi connectivity index (χ3v) is 5.42. The summed E-state index contributed by atoms with van der Waals surface area (Å²) in [5.41, 5.74) is 3.02. The quantitative estimate of drug-likeness (QED) is 0.786. The monoisotopic (exact) mass is 346 g/mol. The zero-order valence-corrected chi connectivity index (χ0v) is 15.3. The smallest absolute Gasteiger partial charge is 0.252 e. The van der Waals surface area contributed by atoms with Crippen LogP contribution >= 0.6 is 0 Å². The minimum absolute atomic E-state index is 0.0552. The van der Waals surface area contributed by atoms with Gasteiger partial charge in [-0.15, -0.1) is 0 Å². The van der Waals surface area contributed by atoms with Crippen LogP contribution in [0.15, 0.2) is 29.8 Å². The van der Waals surface area contributed by atoms with Crippen LogP contribution in [0.3, 0.4) is 0 Å². The number of carbonyl (C=O) groups is 1. The molecule has 3 rings (SSSR count). The Morgan fingerprint density at radius 2 is 2.04 bits per heavy atom. The van der Waals surface area contributed by atoms with E-state index in [0.717, 1.165) is 43.7 Å². The van der Waals surface area contributed by atoms with Crippen molar-refractivity contribution in [2.24, 2.45) is 0 Å². The molecule has 0 unspecified atom stereocenters. The number of hydrogen-bond donors (Lipinski definition) is 0. The number of fused-ring (bicyclic) bond motifs is 2. The van der Waals surface area contributed by atoms with Crippen LogP contribution in [0, 0.1) is 5.82 Å². The molecule has 0 radical (unpaired) electrons. The third kappa shape index (κ3) is 3.62. The molecule has 5 heteroatoms. The second-order valence-corrected chi connectivity index (χ2v) is 7.44. The first kappa shape index (κ1) is 18.1. The van der Waals surface area contributed by atoms with Crippen LogP contribution in [0.5, 0.6) is 0 Å². The highest BCUT2D eigenvalue weighted by molar-refractivity contribution is 5.97. The van der Waals surface area contributed by atoms with Gasteiger partial charge in [0.15, 0.2) is 0 Å². The Labute approximate surface area is 149 Å². The Balaban J connectivity index is 1.82. The number of piperidine rings is 1. The van der Waals surface area contributed by atoms with Crippen LogP contribution in [-0.4, -0.2) is 50.7 Å². The largest absolute Gasteiger partial charge is 0.375 e. The van der Waals surface area contributed by atoms with Crippen LogP contribution in [0.4, 0.5) is 10.1 Å². The van der Waals surface area contributed by atoms with Crippen molar-refractivity contribution in [3.63, 3.8) is 0 Å². The van der Waals surface area contributed by atoms with Crippen LogP contribution in [0.2, 0.25) is 0 Å². The average Bonchev–Trinajstić information content (AvgIpc) is 2.89. The molecule has 2 aliphatic rings. The number of hydrogen-bond acceptors (Lipinski definition) is 3. The molecule has 1 aromatic carbocycles. The van der Waals surface area contributed by atoms with E-state index in [0.29, 0.717) is 6.54 Å². The van der Waals surface area contributed by atoms with E-state index >= 15 is 0 Å². The lowest BCUT2D eigenvalue weighted by atomic mass is 9.74. The highest BCUT2D eigenvalue weighted by atomic mass is 19.1.